The standard InChI is InChI=1S/C44H31N5/c45-49-39-28-36-24-23-34(47-36)25-33-21-22-35(46-33)26-37-27-38(29-13-5-1-6-14-29)43(48-37)42(32-19-11-4-12-20-32)44(49)41(31-17-9-3-10-18-31)40(39)30-15-7-2-8-16-30/h1-28,46H,45H2. The van der Waals surface area contributed by atoms with E-state index in [0.717, 1.165) is 89.4 Å². The third-order valence-corrected chi connectivity index (χ3v) is 9.08. The van der Waals surface area contributed by atoms with Crippen LogP contribution >= 0.6 is 0 Å². The highest BCUT2D eigenvalue weighted by Crippen LogP contribution is 2.46. The molecule has 0 saturated heterocycles. The highest BCUT2D eigenvalue weighted by molar-refractivity contribution is 6.11. The van der Waals surface area contributed by atoms with Crippen LogP contribution in [0.25, 0.3) is 79.2 Å². The van der Waals surface area contributed by atoms with Crippen LogP contribution in [0, 0.1) is 0 Å². The summed E-state index contributed by atoms with van der Waals surface area (Å²) in [7, 11) is 0. The molecule has 3 aromatic heterocycles. The fourth-order valence-electron chi connectivity index (χ4n) is 6.92. The third kappa shape index (κ3) is 5.14. The summed E-state index contributed by atoms with van der Waals surface area (Å²) < 4.78 is 1.85. The molecule has 4 aromatic carbocycles. The van der Waals surface area contributed by atoms with Gasteiger partial charge in [0.2, 0.25) is 0 Å². The molecule has 232 valence electrons. The van der Waals surface area contributed by atoms with E-state index in [-0.39, 0.29) is 0 Å². The molecule has 0 spiro atoms. The molecular weight excluding hydrogens is 599 g/mol. The number of nitrogens with zero attached hydrogens (tertiary/aromatic N) is 3. The molecule has 2 aliphatic rings. The zero-order valence-corrected chi connectivity index (χ0v) is 26.6. The van der Waals surface area contributed by atoms with Gasteiger partial charge in [0.25, 0.3) is 0 Å². The number of rotatable bonds is 4. The van der Waals surface area contributed by atoms with Crippen molar-refractivity contribution in [1.29, 1.82) is 0 Å². The van der Waals surface area contributed by atoms with E-state index in [1.165, 1.54) is 0 Å². The minimum atomic E-state index is 0.823. The molecule has 3 N–H and O–H groups in total. The second-order valence-electron chi connectivity index (χ2n) is 12.2. The lowest BCUT2D eigenvalue weighted by Gasteiger charge is -2.13. The molecule has 5 nitrogen and oxygen atoms in total. The summed E-state index contributed by atoms with van der Waals surface area (Å²) >= 11 is 0. The number of nitrogens with one attached hydrogen (secondary N) is 1. The number of H-pyrrole nitrogens is 1. The van der Waals surface area contributed by atoms with Gasteiger partial charge in [-0.25, -0.2) is 9.97 Å². The van der Waals surface area contributed by atoms with E-state index in [0.29, 0.717) is 0 Å². The summed E-state index contributed by atoms with van der Waals surface area (Å²) in [5.74, 6) is 7.43. The zero-order valence-electron chi connectivity index (χ0n) is 26.6. The molecule has 7 aromatic rings. The Morgan fingerprint density at radius 2 is 0.959 bits per heavy atom. The molecule has 0 saturated carbocycles. The predicted octanol–water partition coefficient (Wildman–Crippen LogP) is 10.3. The molecule has 5 heteroatoms. The average Bonchev–Trinajstić information content (AvgIpc) is 3.95. The zero-order chi connectivity index (χ0) is 32.7. The lowest BCUT2D eigenvalue weighted by atomic mass is 9.91. The van der Waals surface area contributed by atoms with Gasteiger partial charge in [0.1, 0.15) is 0 Å². The summed E-state index contributed by atoms with van der Waals surface area (Å²) in [6.45, 7) is 0. The van der Waals surface area contributed by atoms with Crippen molar-refractivity contribution in [3.05, 3.63) is 180 Å². The van der Waals surface area contributed by atoms with Gasteiger partial charge in [-0.15, -0.1) is 0 Å². The molecule has 0 aliphatic carbocycles. The maximum absolute atomic E-state index is 7.43. The lowest BCUT2D eigenvalue weighted by molar-refractivity contribution is 1.11. The third-order valence-electron chi connectivity index (χ3n) is 9.08. The van der Waals surface area contributed by atoms with Crippen molar-refractivity contribution in [2.75, 3.05) is 5.84 Å². The van der Waals surface area contributed by atoms with Gasteiger partial charge in [0.05, 0.1) is 33.8 Å². The van der Waals surface area contributed by atoms with Crippen LogP contribution in [0.3, 0.4) is 0 Å². The van der Waals surface area contributed by atoms with Crippen molar-refractivity contribution in [2.45, 2.75) is 0 Å². The normalized spacial score (nSPS) is 12.2. The molecule has 0 atom stereocenters. The van der Waals surface area contributed by atoms with E-state index < -0.39 is 0 Å². The van der Waals surface area contributed by atoms with Crippen LogP contribution in [0.4, 0.5) is 0 Å². The fourth-order valence-corrected chi connectivity index (χ4v) is 6.92. The fraction of sp³-hybridized carbons (Fsp3) is 0. The first-order valence-electron chi connectivity index (χ1n) is 16.4. The number of fused-ring (bicyclic) bond motifs is 8. The van der Waals surface area contributed by atoms with Crippen LogP contribution < -0.4 is 5.84 Å². The Morgan fingerprint density at radius 3 is 1.55 bits per heavy atom. The Bertz CT molecular complexity index is 2580. The highest BCUT2D eigenvalue weighted by Gasteiger charge is 2.26. The molecule has 0 amide bonds. The second-order valence-corrected chi connectivity index (χ2v) is 12.2. The van der Waals surface area contributed by atoms with E-state index in [4.69, 9.17) is 15.8 Å². The van der Waals surface area contributed by atoms with Gasteiger partial charge in [-0.1, -0.05) is 121 Å². The van der Waals surface area contributed by atoms with E-state index in [1.807, 2.05) is 41.1 Å². The van der Waals surface area contributed by atoms with Crippen LogP contribution in [-0.4, -0.2) is 19.6 Å². The van der Waals surface area contributed by atoms with Gasteiger partial charge in [-0.05, 0) is 70.8 Å². The molecular formula is C44H31N5. The first kappa shape index (κ1) is 28.5. The summed E-state index contributed by atoms with van der Waals surface area (Å²) in [6, 6.07) is 52.4. The number of benzene rings is 4. The van der Waals surface area contributed by atoms with Crippen molar-refractivity contribution in [3.8, 4) is 33.4 Å². The van der Waals surface area contributed by atoms with E-state index in [1.54, 1.807) is 0 Å². The van der Waals surface area contributed by atoms with E-state index in [2.05, 4.69) is 138 Å². The smallest absolute Gasteiger partial charge is 0.0816 e. The molecule has 9 rings (SSSR count). The van der Waals surface area contributed by atoms with Crippen LogP contribution in [0.15, 0.2) is 152 Å². The Balaban J connectivity index is 1.57. The summed E-state index contributed by atoms with van der Waals surface area (Å²) in [4.78, 5) is 13.9. The van der Waals surface area contributed by atoms with Gasteiger partial charge in [-0.3, -0.25) is 4.68 Å². The van der Waals surface area contributed by atoms with Crippen molar-refractivity contribution in [3.63, 3.8) is 0 Å². The number of hydrogen-bond donors (Lipinski definition) is 2. The van der Waals surface area contributed by atoms with Gasteiger partial charge < -0.3 is 10.8 Å². The number of nitrogens with two attached hydrogens (primary N) is 1. The molecule has 49 heavy (non-hydrogen) atoms. The Hall–Kier alpha value is -6.72. The van der Waals surface area contributed by atoms with Gasteiger partial charge in [-0.2, -0.15) is 0 Å². The van der Waals surface area contributed by atoms with Crippen LogP contribution in [0.1, 0.15) is 28.3 Å². The van der Waals surface area contributed by atoms with Crippen LogP contribution in [0.2, 0.25) is 0 Å². The highest BCUT2D eigenvalue weighted by atomic mass is 15.3. The molecule has 0 fully saturated rings. The maximum atomic E-state index is 7.43. The van der Waals surface area contributed by atoms with Crippen molar-refractivity contribution in [1.82, 2.24) is 19.6 Å². The molecule has 5 heterocycles. The Morgan fingerprint density at radius 1 is 0.469 bits per heavy atom. The predicted molar refractivity (Wildman–Crippen MR) is 203 cm³/mol. The summed E-state index contributed by atoms with van der Waals surface area (Å²) in [5.41, 5.74) is 15.3. The van der Waals surface area contributed by atoms with Crippen molar-refractivity contribution >= 4 is 45.9 Å². The number of aromatic nitrogens is 4. The SMILES string of the molecule is Nn1c2cc3nc(cc4ccc(cc5nc(c(-c6ccccc6)c1c(-c1ccccc1)c2-c1ccccc1)C(c1ccccc1)=C5)[nH]4)C=C3. The van der Waals surface area contributed by atoms with E-state index >= 15 is 0 Å². The summed E-state index contributed by atoms with van der Waals surface area (Å²) in [5, 5.41) is 0. The quantitative estimate of drug-likeness (QED) is 0.190. The Labute approximate surface area is 284 Å². The molecule has 8 bridgehead atoms. The topological polar surface area (TPSA) is 72.5 Å². The van der Waals surface area contributed by atoms with Crippen molar-refractivity contribution < 1.29 is 0 Å². The molecule has 2 aliphatic heterocycles. The van der Waals surface area contributed by atoms with Gasteiger partial charge in [0.15, 0.2) is 0 Å². The monoisotopic (exact) mass is 629 g/mol. The van der Waals surface area contributed by atoms with Gasteiger partial charge in [0, 0.05) is 33.3 Å². The molecule has 0 radical (unpaired) electrons. The summed E-state index contributed by atoms with van der Waals surface area (Å²) in [6.07, 6.45) is 6.26. The minimum absolute atomic E-state index is 0.823. The maximum Gasteiger partial charge on any atom is 0.0816 e. The van der Waals surface area contributed by atoms with E-state index in [9.17, 15) is 0 Å². The minimum Gasteiger partial charge on any atom is -0.355 e. The number of nitrogen functional groups attached to an aromatic ring is 1. The second kappa shape index (κ2) is 11.8. The largest absolute Gasteiger partial charge is 0.355 e. The Kier molecular flexibility index (Phi) is 6.87. The average molecular weight is 630 g/mol. The number of hydrogen-bond acceptors (Lipinski definition) is 3. The first-order valence-corrected chi connectivity index (χ1v) is 16.4. The first-order chi connectivity index (χ1) is 24.2. The molecule has 0 unspecified atom stereocenters. The van der Waals surface area contributed by atoms with Gasteiger partial charge >= 0.3 is 0 Å². The lowest BCUT2D eigenvalue weighted by Crippen LogP contribution is -2.08. The van der Waals surface area contributed by atoms with Crippen molar-refractivity contribution in [2.24, 2.45) is 0 Å². The van der Waals surface area contributed by atoms with Crippen LogP contribution in [-0.2, 0) is 0 Å². The van der Waals surface area contributed by atoms with Crippen LogP contribution in [0.5, 0.6) is 0 Å². The number of aromatic amines is 1.